The largest absolute Gasteiger partial charge is 0.756 e. The van der Waals surface area contributed by atoms with Crippen molar-refractivity contribution < 1.29 is 37.3 Å². The van der Waals surface area contributed by atoms with Crippen molar-refractivity contribution in [2.75, 3.05) is 40.9 Å². The van der Waals surface area contributed by atoms with E-state index in [1.54, 1.807) is 0 Å². The van der Waals surface area contributed by atoms with E-state index in [1.807, 2.05) is 33.3 Å². The summed E-state index contributed by atoms with van der Waals surface area (Å²) in [6, 6.07) is -0.895. The molecular formula is C68H127N2O7P. The standard InChI is InChI=1S/C68H127N2O7P/c1-7-10-13-16-19-22-25-27-29-30-31-32-33-34-35-36-37-38-39-40-41-43-46-49-52-55-58-61-68(72)77-66(59-56-53-50-47-44-24-21-18-15-12-9-3)65(64-76-78(73,74)75-63-62-70(4,5)6)69-67(71)60-57-54-51-48-45-42-28-26-23-20-17-14-11-8-2/h19,22,27,29,31-32,42,45,56,59,65-66H,7-18,20-21,23-26,28,30,33-41,43-44,46-55,57-58,60-64H2,1-6H3,(H-,69,71,73,74)/b22-19-,29-27-,32-31-,45-42-,59-56-. The molecule has 9 nitrogen and oxygen atoms in total. The fourth-order valence-electron chi connectivity index (χ4n) is 9.52. The smallest absolute Gasteiger partial charge is 0.306 e. The first kappa shape index (κ1) is 75.7. The number of rotatable bonds is 60. The van der Waals surface area contributed by atoms with E-state index in [9.17, 15) is 19.0 Å². The van der Waals surface area contributed by atoms with Crippen LogP contribution in [0.4, 0.5) is 0 Å². The van der Waals surface area contributed by atoms with Crippen LogP contribution < -0.4 is 10.2 Å². The second kappa shape index (κ2) is 57.9. The molecule has 0 radical (unpaired) electrons. The average Bonchev–Trinajstić information content (AvgIpc) is 3.40. The van der Waals surface area contributed by atoms with Crippen molar-refractivity contribution in [3.05, 3.63) is 60.8 Å². The van der Waals surface area contributed by atoms with Gasteiger partial charge in [0.1, 0.15) is 19.3 Å². The molecule has 3 atom stereocenters. The lowest BCUT2D eigenvalue weighted by atomic mass is 10.0. The Morgan fingerprint density at radius 3 is 1.22 bits per heavy atom. The quantitative estimate of drug-likeness (QED) is 0.0212. The minimum absolute atomic E-state index is 0.0250. The van der Waals surface area contributed by atoms with Gasteiger partial charge in [0.25, 0.3) is 7.82 Å². The Balaban J connectivity index is 5.01. The van der Waals surface area contributed by atoms with Crippen LogP contribution in [-0.2, 0) is 27.9 Å². The maximum atomic E-state index is 13.5. The number of unbranched alkanes of at least 4 members (excludes halogenated alkanes) is 36. The molecule has 0 aliphatic carbocycles. The number of carbonyl (C=O) groups is 2. The summed E-state index contributed by atoms with van der Waals surface area (Å²) in [4.78, 5) is 40.0. The predicted molar refractivity (Wildman–Crippen MR) is 335 cm³/mol. The Bertz CT molecular complexity index is 1520. The van der Waals surface area contributed by atoms with Gasteiger partial charge in [0.05, 0.1) is 33.8 Å². The SMILES string of the molecule is CCCCC/C=C\C/C=C\C/C=C\CCCCCCCCCCCCCCCCC(=O)OC(/C=C\CCCCCCCCCCC)C(COP(=O)([O-])OCC[N+](C)(C)C)NC(=O)CCCCC/C=C\CCCCCCCCC. The summed E-state index contributed by atoms with van der Waals surface area (Å²) in [5.74, 6) is -0.553. The van der Waals surface area contributed by atoms with E-state index in [0.29, 0.717) is 23.9 Å². The molecule has 1 amide bonds. The monoisotopic (exact) mass is 1110 g/mol. The minimum atomic E-state index is -4.70. The first-order valence-corrected chi connectivity index (χ1v) is 34.6. The number of amides is 1. The van der Waals surface area contributed by atoms with Crippen LogP contribution in [0.25, 0.3) is 0 Å². The highest BCUT2D eigenvalue weighted by Crippen LogP contribution is 2.38. The van der Waals surface area contributed by atoms with Crippen LogP contribution in [0, 0.1) is 0 Å². The fraction of sp³-hybridized carbons (Fsp3) is 0.824. The van der Waals surface area contributed by atoms with Crippen LogP contribution in [0.2, 0.25) is 0 Å². The summed E-state index contributed by atoms with van der Waals surface area (Å²) >= 11 is 0. The molecule has 0 heterocycles. The number of nitrogens with one attached hydrogen (secondary N) is 1. The van der Waals surface area contributed by atoms with Crippen molar-refractivity contribution in [2.45, 2.75) is 322 Å². The molecule has 0 aliphatic rings. The number of phosphoric ester groups is 1. The number of nitrogens with zero attached hydrogens (tertiary/aromatic N) is 1. The lowest BCUT2D eigenvalue weighted by Crippen LogP contribution is -2.47. The van der Waals surface area contributed by atoms with Gasteiger partial charge in [-0.2, -0.15) is 0 Å². The molecule has 0 saturated carbocycles. The molecule has 0 rings (SSSR count). The molecule has 78 heavy (non-hydrogen) atoms. The van der Waals surface area contributed by atoms with E-state index >= 15 is 0 Å². The first-order valence-electron chi connectivity index (χ1n) is 33.1. The van der Waals surface area contributed by atoms with Crippen molar-refractivity contribution in [1.29, 1.82) is 0 Å². The molecule has 10 heteroatoms. The van der Waals surface area contributed by atoms with Crippen LogP contribution in [0.3, 0.4) is 0 Å². The van der Waals surface area contributed by atoms with Gasteiger partial charge in [0.15, 0.2) is 0 Å². The molecule has 0 aliphatic heterocycles. The Morgan fingerprint density at radius 1 is 0.449 bits per heavy atom. The van der Waals surface area contributed by atoms with E-state index in [4.69, 9.17) is 13.8 Å². The molecule has 0 spiro atoms. The number of hydrogen-bond acceptors (Lipinski definition) is 7. The number of esters is 1. The minimum Gasteiger partial charge on any atom is -0.756 e. The van der Waals surface area contributed by atoms with Gasteiger partial charge >= 0.3 is 5.97 Å². The van der Waals surface area contributed by atoms with Crippen molar-refractivity contribution in [3.63, 3.8) is 0 Å². The van der Waals surface area contributed by atoms with Gasteiger partial charge in [-0.3, -0.25) is 14.2 Å². The third-order valence-corrected chi connectivity index (χ3v) is 15.6. The Kier molecular flexibility index (Phi) is 56.2. The molecule has 0 saturated heterocycles. The highest BCUT2D eigenvalue weighted by molar-refractivity contribution is 7.45. The van der Waals surface area contributed by atoms with Crippen LogP contribution in [0.1, 0.15) is 310 Å². The van der Waals surface area contributed by atoms with Crippen LogP contribution >= 0.6 is 7.82 Å². The Labute approximate surface area is 483 Å². The Morgan fingerprint density at radius 2 is 0.782 bits per heavy atom. The second-order valence-electron chi connectivity index (χ2n) is 23.6. The van der Waals surface area contributed by atoms with E-state index in [-0.39, 0.29) is 24.9 Å². The first-order chi connectivity index (χ1) is 37.9. The zero-order valence-electron chi connectivity index (χ0n) is 52.1. The molecular weight excluding hydrogens is 988 g/mol. The summed E-state index contributed by atoms with van der Waals surface area (Å²) in [5.41, 5.74) is 0. The van der Waals surface area contributed by atoms with Gasteiger partial charge in [0.2, 0.25) is 5.91 Å². The number of likely N-dealkylation sites (N-methyl/N-ethyl adjacent to an activating group) is 1. The predicted octanol–water partition coefficient (Wildman–Crippen LogP) is 20.0. The molecule has 3 unspecified atom stereocenters. The van der Waals surface area contributed by atoms with Crippen LogP contribution in [-0.4, -0.2) is 69.4 Å². The molecule has 0 fully saturated rings. The van der Waals surface area contributed by atoms with Crippen molar-refractivity contribution in [3.8, 4) is 0 Å². The van der Waals surface area contributed by atoms with Crippen molar-refractivity contribution in [2.24, 2.45) is 0 Å². The summed E-state index contributed by atoms with van der Waals surface area (Å²) < 4.78 is 30.3. The third-order valence-electron chi connectivity index (χ3n) is 14.7. The number of ether oxygens (including phenoxy) is 1. The van der Waals surface area contributed by atoms with Gasteiger partial charge in [-0.05, 0) is 96.0 Å². The zero-order chi connectivity index (χ0) is 57.2. The normalized spacial score (nSPS) is 14.0. The third kappa shape index (κ3) is 58.4. The molecule has 0 aromatic heterocycles. The highest BCUT2D eigenvalue weighted by atomic mass is 31.2. The lowest BCUT2D eigenvalue weighted by molar-refractivity contribution is -0.870. The molecule has 0 aromatic carbocycles. The lowest BCUT2D eigenvalue weighted by Gasteiger charge is -2.30. The summed E-state index contributed by atoms with van der Waals surface area (Å²) in [6.07, 6.45) is 73.4. The van der Waals surface area contributed by atoms with Gasteiger partial charge in [0, 0.05) is 12.8 Å². The molecule has 0 aromatic rings. The number of quaternary nitrogens is 1. The topological polar surface area (TPSA) is 114 Å². The van der Waals surface area contributed by atoms with E-state index in [0.717, 1.165) is 77.0 Å². The van der Waals surface area contributed by atoms with Gasteiger partial charge in [-0.1, -0.05) is 262 Å². The number of carbonyl (C=O) groups excluding carboxylic acids is 2. The summed E-state index contributed by atoms with van der Waals surface area (Å²) in [5, 5.41) is 3.02. The van der Waals surface area contributed by atoms with E-state index in [1.165, 1.54) is 193 Å². The average molecular weight is 1120 g/mol. The second-order valence-corrected chi connectivity index (χ2v) is 25.0. The fourth-order valence-corrected chi connectivity index (χ4v) is 10.2. The number of phosphoric acid groups is 1. The highest BCUT2D eigenvalue weighted by Gasteiger charge is 2.27. The maximum absolute atomic E-state index is 13.5. The zero-order valence-corrected chi connectivity index (χ0v) is 53.0. The number of allylic oxidation sites excluding steroid dienone is 9. The molecule has 1 N–H and O–H groups in total. The van der Waals surface area contributed by atoms with Crippen molar-refractivity contribution in [1.82, 2.24) is 5.32 Å². The van der Waals surface area contributed by atoms with Crippen LogP contribution in [0.5, 0.6) is 0 Å². The maximum Gasteiger partial charge on any atom is 0.306 e. The molecule has 0 bridgehead atoms. The van der Waals surface area contributed by atoms with Crippen LogP contribution in [0.15, 0.2) is 60.8 Å². The number of hydrogen-bond donors (Lipinski definition) is 1. The van der Waals surface area contributed by atoms with Gasteiger partial charge < -0.3 is 28.5 Å². The Hall–Kier alpha value is -2.29. The summed E-state index contributed by atoms with van der Waals surface area (Å²) in [7, 11) is 1.18. The van der Waals surface area contributed by atoms with E-state index in [2.05, 4.69) is 74.7 Å². The van der Waals surface area contributed by atoms with Gasteiger partial charge in [-0.15, -0.1) is 0 Å². The van der Waals surface area contributed by atoms with Crippen molar-refractivity contribution >= 4 is 19.7 Å². The van der Waals surface area contributed by atoms with E-state index < -0.39 is 26.6 Å². The summed E-state index contributed by atoms with van der Waals surface area (Å²) in [6.45, 7) is 6.81. The molecule has 456 valence electrons. The van der Waals surface area contributed by atoms with Gasteiger partial charge in [-0.25, -0.2) is 0 Å².